The number of esters is 1. The first-order chi connectivity index (χ1) is 15.2. The number of Topliss-reactive ketones (excluding diaryl/α,β-unsaturated/α-hetero) is 1. The van der Waals surface area contributed by atoms with Crippen molar-refractivity contribution in [2.45, 2.75) is 26.9 Å². The third-order valence-corrected chi connectivity index (χ3v) is 4.84. The van der Waals surface area contributed by atoms with Gasteiger partial charge in [-0.15, -0.1) is 0 Å². The summed E-state index contributed by atoms with van der Waals surface area (Å²) in [6.45, 7) is 4.49. The van der Waals surface area contributed by atoms with Crippen LogP contribution in [-0.4, -0.2) is 33.5 Å². The summed E-state index contributed by atoms with van der Waals surface area (Å²) in [5.74, 6) is -1.72. The fraction of sp³-hybridized carbons (Fsp3) is 0.174. The maximum absolute atomic E-state index is 12.6. The van der Waals surface area contributed by atoms with Crippen LogP contribution in [-0.2, 0) is 9.53 Å². The third kappa shape index (κ3) is 5.28. The number of benzene rings is 2. The lowest BCUT2D eigenvalue weighted by Crippen LogP contribution is -2.32. The molecular formula is C23H20ClN3O5. The van der Waals surface area contributed by atoms with Gasteiger partial charge in [0, 0.05) is 28.0 Å². The maximum Gasteiger partial charge on any atom is 0.363 e. The molecule has 1 N–H and O–H groups in total. The molecule has 0 aliphatic rings. The fourth-order valence-electron chi connectivity index (χ4n) is 2.83. The molecule has 0 bridgehead atoms. The SMILES string of the molecule is CC(=O)c1ccc(NC(=O)C(C)OC(=O)c2nn(-c3ccc(Cl)cc3)c(C)cc2=O)cc1. The van der Waals surface area contributed by atoms with Gasteiger partial charge in [-0.2, -0.15) is 5.10 Å². The second kappa shape index (κ2) is 9.57. The minimum atomic E-state index is -1.19. The van der Waals surface area contributed by atoms with Crippen LogP contribution >= 0.6 is 11.6 Å². The van der Waals surface area contributed by atoms with Gasteiger partial charge in [0.1, 0.15) is 0 Å². The quantitative estimate of drug-likeness (QED) is 0.451. The van der Waals surface area contributed by atoms with E-state index in [2.05, 4.69) is 10.4 Å². The monoisotopic (exact) mass is 453 g/mol. The van der Waals surface area contributed by atoms with Crippen molar-refractivity contribution in [1.82, 2.24) is 9.78 Å². The molecule has 1 aromatic heterocycles. The number of ketones is 1. The summed E-state index contributed by atoms with van der Waals surface area (Å²) in [7, 11) is 0. The van der Waals surface area contributed by atoms with Gasteiger partial charge in [0.05, 0.1) is 5.69 Å². The minimum Gasteiger partial charge on any atom is -0.448 e. The first kappa shape index (κ1) is 22.9. The fourth-order valence-corrected chi connectivity index (χ4v) is 2.96. The Labute approximate surface area is 188 Å². The molecule has 1 heterocycles. The molecule has 0 aliphatic carbocycles. The second-order valence-corrected chi connectivity index (χ2v) is 7.49. The number of aryl methyl sites for hydroxylation is 1. The zero-order chi connectivity index (χ0) is 23.4. The first-order valence-corrected chi connectivity index (χ1v) is 10.0. The van der Waals surface area contributed by atoms with Crippen LogP contribution in [0.1, 0.15) is 40.4 Å². The van der Waals surface area contributed by atoms with E-state index in [4.69, 9.17) is 16.3 Å². The predicted molar refractivity (Wildman–Crippen MR) is 120 cm³/mol. The van der Waals surface area contributed by atoms with E-state index in [-0.39, 0.29) is 5.78 Å². The average Bonchev–Trinajstić information content (AvgIpc) is 2.75. The van der Waals surface area contributed by atoms with E-state index < -0.39 is 29.1 Å². The molecule has 8 nitrogen and oxygen atoms in total. The molecule has 164 valence electrons. The van der Waals surface area contributed by atoms with E-state index in [1.54, 1.807) is 55.5 Å². The predicted octanol–water partition coefficient (Wildman–Crippen LogP) is 3.58. The number of aromatic nitrogens is 2. The van der Waals surface area contributed by atoms with E-state index in [0.717, 1.165) is 0 Å². The first-order valence-electron chi connectivity index (χ1n) is 9.65. The normalized spacial score (nSPS) is 11.5. The van der Waals surface area contributed by atoms with Gasteiger partial charge in [0.15, 0.2) is 11.9 Å². The van der Waals surface area contributed by atoms with Crippen molar-refractivity contribution in [3.8, 4) is 5.69 Å². The van der Waals surface area contributed by atoms with Gasteiger partial charge in [-0.1, -0.05) is 11.6 Å². The number of hydrogen-bond acceptors (Lipinski definition) is 6. The van der Waals surface area contributed by atoms with Crippen molar-refractivity contribution in [3.05, 3.63) is 86.8 Å². The molecule has 0 radical (unpaired) electrons. The van der Waals surface area contributed by atoms with Crippen LogP contribution in [0.25, 0.3) is 5.69 Å². The number of rotatable bonds is 6. The molecule has 0 aliphatic heterocycles. The highest BCUT2D eigenvalue weighted by Gasteiger charge is 2.23. The number of amides is 1. The molecule has 3 aromatic rings. The summed E-state index contributed by atoms with van der Waals surface area (Å²) >= 11 is 5.91. The summed E-state index contributed by atoms with van der Waals surface area (Å²) in [5.41, 5.74) is 0.974. The van der Waals surface area contributed by atoms with E-state index >= 15 is 0 Å². The molecule has 1 amide bonds. The number of carbonyl (C=O) groups excluding carboxylic acids is 3. The zero-order valence-corrected chi connectivity index (χ0v) is 18.3. The maximum atomic E-state index is 12.6. The summed E-state index contributed by atoms with van der Waals surface area (Å²) < 4.78 is 6.57. The number of hydrogen-bond donors (Lipinski definition) is 1. The number of nitrogens with one attached hydrogen (secondary N) is 1. The van der Waals surface area contributed by atoms with Gasteiger partial charge >= 0.3 is 5.97 Å². The molecule has 2 aromatic carbocycles. The number of carbonyl (C=O) groups is 3. The van der Waals surface area contributed by atoms with Crippen molar-refractivity contribution >= 4 is 34.9 Å². The zero-order valence-electron chi connectivity index (χ0n) is 17.6. The second-order valence-electron chi connectivity index (χ2n) is 7.06. The molecule has 32 heavy (non-hydrogen) atoms. The Morgan fingerprint density at radius 3 is 2.28 bits per heavy atom. The van der Waals surface area contributed by atoms with Crippen LogP contribution in [0, 0.1) is 6.92 Å². The molecule has 0 saturated carbocycles. The minimum absolute atomic E-state index is 0.0972. The van der Waals surface area contributed by atoms with Gasteiger partial charge in [-0.05, 0) is 69.3 Å². The number of anilines is 1. The summed E-state index contributed by atoms with van der Waals surface area (Å²) in [5, 5.41) is 7.23. The highest BCUT2D eigenvalue weighted by molar-refractivity contribution is 6.30. The summed E-state index contributed by atoms with van der Waals surface area (Å²) in [6.07, 6.45) is -1.19. The van der Waals surface area contributed by atoms with Crippen LogP contribution in [0.4, 0.5) is 5.69 Å². The van der Waals surface area contributed by atoms with E-state index in [0.29, 0.717) is 27.7 Å². The molecule has 1 atom stereocenters. The largest absolute Gasteiger partial charge is 0.448 e. The Hall–Kier alpha value is -3.78. The van der Waals surface area contributed by atoms with E-state index in [1.165, 1.54) is 24.6 Å². The Balaban J connectivity index is 1.75. The van der Waals surface area contributed by atoms with Crippen LogP contribution < -0.4 is 10.7 Å². The Bertz CT molecular complexity index is 1230. The molecule has 3 rings (SSSR count). The number of halogens is 1. The van der Waals surface area contributed by atoms with Gasteiger partial charge < -0.3 is 10.1 Å². The highest BCUT2D eigenvalue weighted by Crippen LogP contribution is 2.15. The van der Waals surface area contributed by atoms with Gasteiger partial charge in [-0.3, -0.25) is 14.4 Å². The Morgan fingerprint density at radius 2 is 1.69 bits per heavy atom. The van der Waals surface area contributed by atoms with Crippen molar-refractivity contribution in [1.29, 1.82) is 0 Å². The topological polar surface area (TPSA) is 107 Å². The molecule has 0 fully saturated rings. The Kier molecular flexibility index (Phi) is 6.85. The molecule has 0 spiro atoms. The van der Waals surface area contributed by atoms with Gasteiger partial charge in [0.2, 0.25) is 11.1 Å². The molecule has 1 unspecified atom stereocenters. The number of ether oxygens (including phenoxy) is 1. The summed E-state index contributed by atoms with van der Waals surface area (Å²) in [6, 6.07) is 14.2. The van der Waals surface area contributed by atoms with Crippen molar-refractivity contribution in [2.75, 3.05) is 5.32 Å². The van der Waals surface area contributed by atoms with Gasteiger partial charge in [0.25, 0.3) is 5.91 Å². The van der Waals surface area contributed by atoms with Crippen molar-refractivity contribution in [3.63, 3.8) is 0 Å². The van der Waals surface area contributed by atoms with Crippen LogP contribution in [0.2, 0.25) is 5.02 Å². The highest BCUT2D eigenvalue weighted by atomic mass is 35.5. The van der Waals surface area contributed by atoms with Crippen LogP contribution in [0.3, 0.4) is 0 Å². The molecular weight excluding hydrogens is 434 g/mol. The number of nitrogens with zero attached hydrogens (tertiary/aromatic N) is 2. The lowest BCUT2D eigenvalue weighted by Gasteiger charge is -2.14. The van der Waals surface area contributed by atoms with Crippen LogP contribution in [0.5, 0.6) is 0 Å². The Morgan fingerprint density at radius 1 is 1.06 bits per heavy atom. The standard InChI is InChI=1S/C23H20ClN3O5/c1-13-12-20(29)21(26-27(13)19-10-6-17(24)7-11-19)23(31)32-15(3)22(30)25-18-8-4-16(5-9-18)14(2)28/h4-12,15H,1-3H3,(H,25,30). The molecule has 9 heteroatoms. The third-order valence-electron chi connectivity index (χ3n) is 4.58. The summed E-state index contributed by atoms with van der Waals surface area (Å²) in [4.78, 5) is 48.6. The van der Waals surface area contributed by atoms with E-state index in [1.807, 2.05) is 0 Å². The smallest absolute Gasteiger partial charge is 0.363 e. The van der Waals surface area contributed by atoms with Gasteiger partial charge in [-0.25, -0.2) is 9.48 Å². The van der Waals surface area contributed by atoms with E-state index in [9.17, 15) is 19.2 Å². The lowest BCUT2D eigenvalue weighted by molar-refractivity contribution is -0.123. The van der Waals surface area contributed by atoms with Crippen molar-refractivity contribution < 1.29 is 19.1 Å². The van der Waals surface area contributed by atoms with Crippen LogP contribution in [0.15, 0.2) is 59.4 Å². The average molecular weight is 454 g/mol. The lowest BCUT2D eigenvalue weighted by atomic mass is 10.1. The van der Waals surface area contributed by atoms with Crippen molar-refractivity contribution in [2.24, 2.45) is 0 Å². The molecule has 0 saturated heterocycles.